The normalized spacial score (nSPS) is 30.2. The van der Waals surface area contributed by atoms with Crippen molar-refractivity contribution < 1.29 is 8.42 Å². The van der Waals surface area contributed by atoms with Crippen LogP contribution in [0.4, 0.5) is 0 Å². The topological polar surface area (TPSA) is 37.4 Å². The third kappa shape index (κ3) is 2.99. The fourth-order valence-electron chi connectivity index (χ4n) is 2.68. The summed E-state index contributed by atoms with van der Waals surface area (Å²) in [5, 5.41) is 1.08. The molecule has 0 N–H and O–H groups in total. The maximum absolute atomic E-state index is 11.5. The molecule has 2 aliphatic rings. The molecular formula is C11H20BrNO2S. The van der Waals surface area contributed by atoms with Crippen LogP contribution >= 0.6 is 15.9 Å². The molecule has 3 nitrogen and oxygen atoms in total. The van der Waals surface area contributed by atoms with Crippen molar-refractivity contribution in [2.45, 2.75) is 32.1 Å². The molecule has 2 fully saturated rings. The Morgan fingerprint density at radius 2 is 2.12 bits per heavy atom. The van der Waals surface area contributed by atoms with Crippen LogP contribution < -0.4 is 0 Å². The van der Waals surface area contributed by atoms with Gasteiger partial charge in [0.05, 0.1) is 6.26 Å². The van der Waals surface area contributed by atoms with Gasteiger partial charge in [0.2, 0.25) is 10.0 Å². The Labute approximate surface area is 107 Å². The number of hydrogen-bond donors (Lipinski definition) is 0. The maximum atomic E-state index is 11.5. The van der Waals surface area contributed by atoms with E-state index < -0.39 is 10.0 Å². The van der Waals surface area contributed by atoms with Crippen molar-refractivity contribution in [1.29, 1.82) is 0 Å². The Morgan fingerprint density at radius 1 is 1.44 bits per heavy atom. The first-order chi connectivity index (χ1) is 7.45. The Balaban J connectivity index is 1.92. The fraction of sp³-hybridized carbons (Fsp3) is 1.00. The van der Waals surface area contributed by atoms with Crippen LogP contribution in [0.1, 0.15) is 32.1 Å². The van der Waals surface area contributed by atoms with E-state index in [0.717, 1.165) is 24.8 Å². The van der Waals surface area contributed by atoms with Gasteiger partial charge in [-0.2, -0.15) is 0 Å². The lowest BCUT2D eigenvalue weighted by atomic mass is 9.88. The van der Waals surface area contributed by atoms with Gasteiger partial charge in [0.15, 0.2) is 0 Å². The molecule has 1 saturated carbocycles. The molecule has 5 heteroatoms. The summed E-state index contributed by atoms with van der Waals surface area (Å²) in [6.45, 7) is 1.46. The lowest BCUT2D eigenvalue weighted by Crippen LogP contribution is -2.40. The molecule has 0 amide bonds. The Bertz CT molecular complexity index is 351. The summed E-state index contributed by atoms with van der Waals surface area (Å²) in [7, 11) is -2.98. The Hall–Kier alpha value is 0.390. The summed E-state index contributed by atoms with van der Waals surface area (Å²) < 4.78 is 24.7. The van der Waals surface area contributed by atoms with Crippen molar-refractivity contribution >= 4 is 26.0 Å². The summed E-state index contributed by atoms with van der Waals surface area (Å²) in [5.41, 5.74) is 0.505. The zero-order chi connectivity index (χ0) is 11.8. The van der Waals surface area contributed by atoms with E-state index in [0.29, 0.717) is 11.3 Å². The zero-order valence-electron chi connectivity index (χ0n) is 9.78. The third-order valence-electron chi connectivity index (χ3n) is 3.91. The van der Waals surface area contributed by atoms with Gasteiger partial charge < -0.3 is 0 Å². The monoisotopic (exact) mass is 309 g/mol. The van der Waals surface area contributed by atoms with E-state index >= 15 is 0 Å². The highest BCUT2D eigenvalue weighted by molar-refractivity contribution is 9.09. The van der Waals surface area contributed by atoms with Gasteiger partial charge in [0, 0.05) is 18.4 Å². The van der Waals surface area contributed by atoms with Crippen LogP contribution in [-0.4, -0.2) is 37.4 Å². The SMILES string of the molecule is CS(=O)(=O)N1CCCC(CC2(CBr)CC2)C1. The number of piperidine rings is 1. The quantitative estimate of drug-likeness (QED) is 0.747. The van der Waals surface area contributed by atoms with E-state index in [1.165, 1.54) is 31.9 Å². The lowest BCUT2D eigenvalue weighted by molar-refractivity contribution is 0.231. The van der Waals surface area contributed by atoms with Crippen molar-refractivity contribution in [1.82, 2.24) is 4.31 Å². The molecule has 0 radical (unpaired) electrons. The van der Waals surface area contributed by atoms with Crippen LogP contribution in [0.15, 0.2) is 0 Å². The van der Waals surface area contributed by atoms with Crippen LogP contribution in [-0.2, 0) is 10.0 Å². The maximum Gasteiger partial charge on any atom is 0.211 e. The van der Waals surface area contributed by atoms with Crippen molar-refractivity contribution in [2.24, 2.45) is 11.3 Å². The summed E-state index contributed by atoms with van der Waals surface area (Å²) in [5.74, 6) is 0.573. The molecule has 1 aliphatic carbocycles. The standard InChI is InChI=1S/C11H20BrNO2S/c1-16(14,15)13-6-2-3-10(8-13)7-11(9-12)4-5-11/h10H,2-9H2,1H3. The fourth-order valence-corrected chi connectivity index (χ4v) is 4.41. The van der Waals surface area contributed by atoms with Gasteiger partial charge in [-0.25, -0.2) is 12.7 Å². The van der Waals surface area contributed by atoms with E-state index in [-0.39, 0.29) is 0 Å². The molecule has 0 aromatic heterocycles. The van der Waals surface area contributed by atoms with Gasteiger partial charge in [0.25, 0.3) is 0 Å². The first-order valence-electron chi connectivity index (χ1n) is 5.96. The predicted octanol–water partition coefficient (Wildman–Crippen LogP) is 2.22. The molecule has 0 bridgehead atoms. The average molecular weight is 310 g/mol. The van der Waals surface area contributed by atoms with Crippen LogP contribution in [0, 0.1) is 11.3 Å². The molecule has 1 aliphatic heterocycles. The Kier molecular flexibility index (Phi) is 3.67. The van der Waals surface area contributed by atoms with Crippen molar-refractivity contribution in [3.8, 4) is 0 Å². The van der Waals surface area contributed by atoms with Crippen molar-refractivity contribution in [3.63, 3.8) is 0 Å². The number of alkyl halides is 1. The van der Waals surface area contributed by atoms with Crippen LogP contribution in [0.2, 0.25) is 0 Å². The summed E-state index contributed by atoms with van der Waals surface area (Å²) in [6, 6.07) is 0. The highest BCUT2D eigenvalue weighted by atomic mass is 79.9. The highest BCUT2D eigenvalue weighted by Gasteiger charge is 2.43. The molecule has 94 valence electrons. The van der Waals surface area contributed by atoms with Gasteiger partial charge in [-0.15, -0.1) is 0 Å². The van der Waals surface area contributed by atoms with Crippen LogP contribution in [0.5, 0.6) is 0 Å². The molecule has 1 heterocycles. The predicted molar refractivity (Wildman–Crippen MR) is 69.2 cm³/mol. The molecule has 0 spiro atoms. The molecule has 2 rings (SSSR count). The number of nitrogens with zero attached hydrogens (tertiary/aromatic N) is 1. The molecule has 16 heavy (non-hydrogen) atoms. The number of halogens is 1. The van der Waals surface area contributed by atoms with Crippen molar-refractivity contribution in [2.75, 3.05) is 24.7 Å². The second-order valence-corrected chi connectivity index (χ2v) is 8.01. The molecule has 1 atom stereocenters. The summed E-state index contributed by atoms with van der Waals surface area (Å²) in [6.07, 6.45) is 7.37. The zero-order valence-corrected chi connectivity index (χ0v) is 12.2. The minimum Gasteiger partial charge on any atom is -0.213 e. The lowest BCUT2D eigenvalue weighted by Gasteiger charge is -2.32. The average Bonchev–Trinajstić information content (AvgIpc) is 2.98. The number of sulfonamides is 1. The van der Waals surface area contributed by atoms with E-state index in [4.69, 9.17) is 0 Å². The van der Waals surface area contributed by atoms with Gasteiger partial charge in [-0.05, 0) is 43.4 Å². The van der Waals surface area contributed by atoms with Crippen LogP contribution in [0.3, 0.4) is 0 Å². The molecule has 0 aromatic rings. The first kappa shape index (κ1) is 12.8. The van der Waals surface area contributed by atoms with E-state index in [1.54, 1.807) is 4.31 Å². The second kappa shape index (κ2) is 4.58. The first-order valence-corrected chi connectivity index (χ1v) is 8.93. The van der Waals surface area contributed by atoms with Gasteiger partial charge in [-0.3, -0.25) is 0 Å². The van der Waals surface area contributed by atoms with Crippen molar-refractivity contribution in [3.05, 3.63) is 0 Å². The van der Waals surface area contributed by atoms with Gasteiger partial charge in [0.1, 0.15) is 0 Å². The Morgan fingerprint density at radius 3 is 2.62 bits per heavy atom. The summed E-state index contributed by atoms with van der Waals surface area (Å²) in [4.78, 5) is 0. The molecule has 0 aromatic carbocycles. The van der Waals surface area contributed by atoms with Gasteiger partial charge >= 0.3 is 0 Å². The second-order valence-electron chi connectivity index (χ2n) is 5.47. The number of hydrogen-bond acceptors (Lipinski definition) is 2. The summed E-state index contributed by atoms with van der Waals surface area (Å²) >= 11 is 3.58. The van der Waals surface area contributed by atoms with E-state index in [2.05, 4.69) is 15.9 Å². The minimum absolute atomic E-state index is 0.505. The van der Waals surface area contributed by atoms with Crippen LogP contribution in [0.25, 0.3) is 0 Å². The largest absolute Gasteiger partial charge is 0.213 e. The molecular weight excluding hydrogens is 290 g/mol. The smallest absolute Gasteiger partial charge is 0.211 e. The number of rotatable bonds is 4. The van der Waals surface area contributed by atoms with E-state index in [9.17, 15) is 8.42 Å². The minimum atomic E-state index is -2.98. The van der Waals surface area contributed by atoms with Gasteiger partial charge in [-0.1, -0.05) is 15.9 Å². The third-order valence-corrected chi connectivity index (χ3v) is 6.37. The molecule has 1 saturated heterocycles. The molecule has 1 unspecified atom stereocenters. The van der Waals surface area contributed by atoms with E-state index in [1.807, 2.05) is 0 Å². The highest BCUT2D eigenvalue weighted by Crippen LogP contribution is 2.52.